The molecule has 2 aromatic rings. The van der Waals surface area contributed by atoms with Crippen molar-refractivity contribution in [2.24, 2.45) is 0 Å². The summed E-state index contributed by atoms with van der Waals surface area (Å²) in [6.45, 7) is 2.08. The van der Waals surface area contributed by atoms with Crippen LogP contribution in [0.3, 0.4) is 0 Å². The summed E-state index contributed by atoms with van der Waals surface area (Å²) in [4.78, 5) is 27.2. The van der Waals surface area contributed by atoms with E-state index in [1.54, 1.807) is 44.4 Å². The molecule has 0 spiro atoms. The third-order valence-electron chi connectivity index (χ3n) is 4.63. The molecule has 0 saturated carbocycles. The Hall–Kier alpha value is -2.84. The van der Waals surface area contributed by atoms with E-state index in [1.807, 2.05) is 24.3 Å². The zero-order valence-corrected chi connectivity index (χ0v) is 18.3. The van der Waals surface area contributed by atoms with E-state index in [1.165, 1.54) is 16.7 Å². The number of carbonyl (C=O) groups excluding carboxylic acids is 2. The molecule has 1 unspecified atom stereocenters. The van der Waals surface area contributed by atoms with Crippen LogP contribution in [0.2, 0.25) is 0 Å². The number of phenols is 1. The minimum Gasteiger partial charge on any atom is -0.508 e. The largest absolute Gasteiger partial charge is 0.508 e. The Kier molecular flexibility index (Phi) is 7.12. The molecule has 1 fully saturated rings. The van der Waals surface area contributed by atoms with Crippen molar-refractivity contribution in [3.05, 3.63) is 64.6 Å². The predicted octanol–water partition coefficient (Wildman–Crippen LogP) is 3.35. The number of hydrogen-bond acceptors (Lipinski definition) is 6. The quantitative estimate of drug-likeness (QED) is 0.506. The number of benzene rings is 2. The lowest BCUT2D eigenvalue weighted by atomic mass is 10.1. The van der Waals surface area contributed by atoms with Crippen LogP contribution in [-0.4, -0.2) is 45.8 Å². The summed E-state index contributed by atoms with van der Waals surface area (Å²) >= 11 is 6.54. The molecule has 0 aromatic heterocycles. The summed E-state index contributed by atoms with van der Waals surface area (Å²) in [5.74, 6) is 0.343. The Morgan fingerprint density at radius 2 is 2.03 bits per heavy atom. The van der Waals surface area contributed by atoms with Crippen molar-refractivity contribution in [2.45, 2.75) is 19.4 Å². The van der Waals surface area contributed by atoms with Gasteiger partial charge in [-0.3, -0.25) is 14.5 Å². The van der Waals surface area contributed by atoms with Gasteiger partial charge in [-0.05, 0) is 54.8 Å². The molecule has 8 heteroatoms. The highest BCUT2D eigenvalue weighted by Gasteiger charge is 2.38. The molecule has 2 N–H and O–H groups in total. The fraction of sp³-hybridized carbons (Fsp3) is 0.227. The van der Waals surface area contributed by atoms with Gasteiger partial charge in [0.1, 0.15) is 21.9 Å². The van der Waals surface area contributed by atoms with Crippen LogP contribution in [0, 0.1) is 0 Å². The highest BCUT2D eigenvalue weighted by atomic mass is 32.2. The molecule has 1 aliphatic heterocycles. The highest BCUT2D eigenvalue weighted by molar-refractivity contribution is 8.26. The number of hydrogen-bond donors (Lipinski definition) is 2. The molecule has 6 nitrogen and oxygen atoms in total. The average Bonchev–Trinajstić information content (AvgIpc) is 3.01. The van der Waals surface area contributed by atoms with Crippen LogP contribution in [0.25, 0.3) is 6.08 Å². The van der Waals surface area contributed by atoms with Crippen LogP contribution in [-0.2, 0) is 16.0 Å². The van der Waals surface area contributed by atoms with E-state index in [4.69, 9.17) is 17.0 Å². The van der Waals surface area contributed by atoms with Gasteiger partial charge in [0.2, 0.25) is 5.91 Å². The second-order valence-corrected chi connectivity index (χ2v) is 8.39. The number of phenolic OH excluding ortho intramolecular Hbond substituents is 1. The van der Waals surface area contributed by atoms with Crippen LogP contribution in [0.1, 0.15) is 18.1 Å². The molecule has 2 aromatic carbocycles. The molecule has 1 saturated heterocycles. The number of carbonyl (C=O) groups is 2. The van der Waals surface area contributed by atoms with Gasteiger partial charge in [-0.15, -0.1) is 0 Å². The Morgan fingerprint density at radius 1 is 1.30 bits per heavy atom. The van der Waals surface area contributed by atoms with Gasteiger partial charge < -0.3 is 15.2 Å². The monoisotopic (exact) mass is 442 g/mol. The van der Waals surface area contributed by atoms with Crippen molar-refractivity contribution >= 4 is 46.2 Å². The third-order valence-corrected chi connectivity index (χ3v) is 5.96. The maximum Gasteiger partial charge on any atom is 0.266 e. The zero-order chi connectivity index (χ0) is 21.7. The minimum atomic E-state index is -0.714. The van der Waals surface area contributed by atoms with E-state index in [0.29, 0.717) is 27.9 Å². The molecular formula is C22H22N2O4S2. The number of aromatic hydroxyl groups is 1. The number of ether oxygens (including phenoxy) is 1. The zero-order valence-electron chi connectivity index (χ0n) is 16.6. The summed E-state index contributed by atoms with van der Waals surface area (Å²) in [7, 11) is 1.58. The molecule has 1 heterocycles. The summed E-state index contributed by atoms with van der Waals surface area (Å²) in [5.41, 5.74) is 1.81. The number of amides is 2. The predicted molar refractivity (Wildman–Crippen MR) is 122 cm³/mol. The second kappa shape index (κ2) is 9.77. The second-order valence-electron chi connectivity index (χ2n) is 6.71. The van der Waals surface area contributed by atoms with Gasteiger partial charge in [0.15, 0.2) is 0 Å². The topological polar surface area (TPSA) is 78.9 Å². The van der Waals surface area contributed by atoms with E-state index in [9.17, 15) is 14.7 Å². The molecule has 2 amide bonds. The smallest absolute Gasteiger partial charge is 0.266 e. The third kappa shape index (κ3) is 5.20. The molecule has 0 bridgehead atoms. The standard InChI is InChI=1S/C22H22N2O4S2/c1-14(20(26)23-11-10-15-6-8-17(25)9-7-15)24-21(27)19(30-22(24)29)13-16-4-3-5-18(12-16)28-2/h3-9,12-14,25H,10-11H2,1-2H3,(H,23,26)/b19-13-. The number of methoxy groups -OCH3 is 1. The number of nitrogens with zero attached hydrogens (tertiary/aromatic N) is 1. The van der Waals surface area contributed by atoms with Crippen molar-refractivity contribution in [1.82, 2.24) is 10.2 Å². The molecule has 3 rings (SSSR count). The number of rotatable bonds is 7. The van der Waals surface area contributed by atoms with Gasteiger partial charge in [0.25, 0.3) is 5.91 Å². The lowest BCUT2D eigenvalue weighted by Crippen LogP contribution is -2.47. The maximum atomic E-state index is 12.9. The van der Waals surface area contributed by atoms with E-state index in [-0.39, 0.29) is 17.6 Å². The van der Waals surface area contributed by atoms with Gasteiger partial charge in [0, 0.05) is 6.54 Å². The average molecular weight is 443 g/mol. The SMILES string of the molecule is COc1cccc(/C=C2\SC(=S)N(C(C)C(=O)NCCc3ccc(O)cc3)C2=O)c1. The lowest BCUT2D eigenvalue weighted by molar-refractivity contribution is -0.132. The fourth-order valence-corrected chi connectivity index (χ4v) is 4.37. The Labute approximate surface area is 184 Å². The summed E-state index contributed by atoms with van der Waals surface area (Å²) in [6, 6.07) is 13.5. The van der Waals surface area contributed by atoms with E-state index in [0.717, 1.165) is 11.1 Å². The molecule has 30 heavy (non-hydrogen) atoms. The number of thiocarbonyl (C=S) groups is 1. The summed E-state index contributed by atoms with van der Waals surface area (Å²) in [6.07, 6.45) is 2.37. The normalized spacial score (nSPS) is 16.1. The van der Waals surface area contributed by atoms with Crippen molar-refractivity contribution in [1.29, 1.82) is 0 Å². The Morgan fingerprint density at radius 3 is 2.73 bits per heavy atom. The Balaban J connectivity index is 1.62. The van der Waals surface area contributed by atoms with Gasteiger partial charge in [-0.25, -0.2) is 0 Å². The molecular weight excluding hydrogens is 420 g/mol. The molecule has 156 valence electrons. The van der Waals surface area contributed by atoms with Crippen LogP contribution >= 0.6 is 24.0 Å². The fourth-order valence-electron chi connectivity index (χ4n) is 2.95. The summed E-state index contributed by atoms with van der Waals surface area (Å²) < 4.78 is 5.57. The lowest BCUT2D eigenvalue weighted by Gasteiger charge is -2.22. The van der Waals surface area contributed by atoms with E-state index >= 15 is 0 Å². The number of nitrogens with one attached hydrogen (secondary N) is 1. The van der Waals surface area contributed by atoms with Crippen molar-refractivity contribution in [3.63, 3.8) is 0 Å². The van der Waals surface area contributed by atoms with Gasteiger partial charge >= 0.3 is 0 Å². The molecule has 0 radical (unpaired) electrons. The molecule has 0 aliphatic carbocycles. The highest BCUT2D eigenvalue weighted by Crippen LogP contribution is 2.34. The Bertz CT molecular complexity index is 989. The van der Waals surface area contributed by atoms with Crippen LogP contribution in [0.5, 0.6) is 11.5 Å². The van der Waals surface area contributed by atoms with Crippen LogP contribution in [0.15, 0.2) is 53.4 Å². The first kappa shape index (κ1) is 21.9. The first-order chi connectivity index (χ1) is 14.4. The molecule has 1 aliphatic rings. The first-order valence-electron chi connectivity index (χ1n) is 9.36. The van der Waals surface area contributed by atoms with E-state index < -0.39 is 6.04 Å². The van der Waals surface area contributed by atoms with Crippen LogP contribution in [0.4, 0.5) is 0 Å². The van der Waals surface area contributed by atoms with E-state index in [2.05, 4.69) is 5.32 Å². The summed E-state index contributed by atoms with van der Waals surface area (Å²) in [5, 5.41) is 12.2. The minimum absolute atomic E-state index is 0.202. The van der Waals surface area contributed by atoms with Crippen molar-refractivity contribution in [3.8, 4) is 11.5 Å². The van der Waals surface area contributed by atoms with Crippen molar-refractivity contribution in [2.75, 3.05) is 13.7 Å². The first-order valence-corrected chi connectivity index (χ1v) is 10.6. The van der Waals surface area contributed by atoms with Crippen molar-refractivity contribution < 1.29 is 19.4 Å². The van der Waals surface area contributed by atoms with Crippen LogP contribution < -0.4 is 10.1 Å². The number of thioether (sulfide) groups is 1. The molecule has 1 atom stereocenters. The van der Waals surface area contributed by atoms with Gasteiger partial charge in [-0.2, -0.15) is 0 Å². The van der Waals surface area contributed by atoms with Gasteiger partial charge in [0.05, 0.1) is 12.0 Å². The maximum absolute atomic E-state index is 12.9. The van der Waals surface area contributed by atoms with Gasteiger partial charge in [-0.1, -0.05) is 48.2 Å².